The van der Waals surface area contributed by atoms with Crippen molar-refractivity contribution in [1.82, 2.24) is 10.2 Å². The quantitative estimate of drug-likeness (QED) is 0.587. The number of ketones is 1. The van der Waals surface area contributed by atoms with Gasteiger partial charge in [0.15, 0.2) is 5.78 Å². The number of nitrogens with zero attached hydrogens (tertiary/aromatic N) is 1. The molecule has 0 saturated carbocycles. The topological polar surface area (TPSA) is 95.6 Å². The first kappa shape index (κ1) is 20.8. The average molecular weight is 419 g/mol. The molecular weight excluding hydrogens is 394 g/mol. The van der Waals surface area contributed by atoms with Gasteiger partial charge in [0, 0.05) is 16.7 Å². The summed E-state index contributed by atoms with van der Waals surface area (Å²) in [6.45, 7) is 5.11. The van der Waals surface area contributed by atoms with Crippen molar-refractivity contribution in [2.24, 2.45) is 5.41 Å². The molecule has 2 aliphatic rings. The Morgan fingerprint density at radius 3 is 2.42 bits per heavy atom. The first-order chi connectivity index (χ1) is 14.6. The van der Waals surface area contributed by atoms with Gasteiger partial charge in [-0.15, -0.1) is 0 Å². The van der Waals surface area contributed by atoms with Crippen molar-refractivity contribution in [1.29, 1.82) is 0 Å². The highest BCUT2D eigenvalue weighted by Gasteiger charge is 2.55. The van der Waals surface area contributed by atoms with Crippen LogP contribution in [0, 0.1) is 5.41 Å². The minimum absolute atomic E-state index is 0.131. The molecule has 31 heavy (non-hydrogen) atoms. The fraction of sp³-hybridized carbons (Fsp3) is 0.333. The molecule has 1 saturated heterocycles. The third-order valence-corrected chi connectivity index (χ3v) is 5.87. The molecule has 0 aromatic heterocycles. The van der Waals surface area contributed by atoms with Crippen LogP contribution >= 0.6 is 0 Å². The van der Waals surface area contributed by atoms with Crippen molar-refractivity contribution in [3.8, 4) is 0 Å². The van der Waals surface area contributed by atoms with E-state index in [-0.39, 0.29) is 24.1 Å². The standard InChI is InChI=1S/C24H25N3O4/c1-23(2,3)20(29)25-17-10-8-16(9-11-17)19(28)14-27-21(30)24(26-22(27)31)13-12-15-6-4-5-7-18(15)24/h4-11H,12-14H2,1-3H3,(H,25,29)(H,26,31)/t24-/m1/s1. The van der Waals surface area contributed by atoms with Crippen molar-refractivity contribution in [2.45, 2.75) is 39.2 Å². The van der Waals surface area contributed by atoms with Crippen LogP contribution in [0.1, 0.15) is 48.7 Å². The second-order valence-corrected chi connectivity index (χ2v) is 9.09. The van der Waals surface area contributed by atoms with Crippen molar-refractivity contribution in [3.63, 3.8) is 0 Å². The predicted molar refractivity (Wildman–Crippen MR) is 116 cm³/mol. The van der Waals surface area contributed by atoms with Gasteiger partial charge in [-0.05, 0) is 48.2 Å². The molecule has 1 spiro atoms. The highest BCUT2D eigenvalue weighted by Crippen LogP contribution is 2.41. The first-order valence-corrected chi connectivity index (χ1v) is 10.3. The van der Waals surface area contributed by atoms with Gasteiger partial charge in [-0.3, -0.25) is 19.3 Å². The van der Waals surface area contributed by atoms with Crippen LogP contribution in [0.2, 0.25) is 0 Å². The first-order valence-electron chi connectivity index (χ1n) is 10.3. The van der Waals surface area contributed by atoms with Crippen LogP contribution in [0.25, 0.3) is 0 Å². The molecule has 7 heteroatoms. The number of amides is 4. The van der Waals surface area contributed by atoms with Crippen LogP contribution in [0.5, 0.6) is 0 Å². The molecule has 2 aromatic carbocycles. The van der Waals surface area contributed by atoms with E-state index < -0.39 is 17.0 Å². The van der Waals surface area contributed by atoms with Gasteiger partial charge < -0.3 is 10.6 Å². The van der Waals surface area contributed by atoms with Gasteiger partial charge >= 0.3 is 6.03 Å². The number of nitrogens with one attached hydrogen (secondary N) is 2. The van der Waals surface area contributed by atoms with E-state index in [1.807, 2.05) is 45.0 Å². The highest BCUT2D eigenvalue weighted by molar-refractivity contribution is 6.12. The van der Waals surface area contributed by atoms with Crippen LogP contribution < -0.4 is 10.6 Å². The highest BCUT2D eigenvalue weighted by atomic mass is 16.2. The molecule has 7 nitrogen and oxygen atoms in total. The molecule has 4 amide bonds. The van der Waals surface area contributed by atoms with Crippen LogP contribution in [0.4, 0.5) is 10.5 Å². The van der Waals surface area contributed by atoms with E-state index in [1.54, 1.807) is 24.3 Å². The van der Waals surface area contributed by atoms with E-state index in [9.17, 15) is 19.2 Å². The summed E-state index contributed by atoms with van der Waals surface area (Å²) in [5, 5.41) is 5.62. The third-order valence-electron chi connectivity index (χ3n) is 5.87. The monoisotopic (exact) mass is 419 g/mol. The lowest BCUT2D eigenvalue weighted by Gasteiger charge is -2.22. The van der Waals surface area contributed by atoms with Crippen molar-refractivity contribution in [3.05, 3.63) is 65.2 Å². The Morgan fingerprint density at radius 1 is 1.06 bits per heavy atom. The number of benzene rings is 2. The van der Waals surface area contributed by atoms with E-state index in [0.717, 1.165) is 16.0 Å². The summed E-state index contributed by atoms with van der Waals surface area (Å²) in [6, 6.07) is 13.5. The minimum Gasteiger partial charge on any atom is -0.326 e. The molecule has 1 aliphatic carbocycles. The largest absolute Gasteiger partial charge is 0.326 e. The lowest BCUT2D eigenvalue weighted by atomic mass is 9.92. The fourth-order valence-electron chi connectivity index (χ4n) is 4.03. The predicted octanol–water partition coefficient (Wildman–Crippen LogP) is 3.25. The smallest absolute Gasteiger partial charge is 0.325 e. The van der Waals surface area contributed by atoms with E-state index in [0.29, 0.717) is 24.1 Å². The number of urea groups is 1. The Hall–Kier alpha value is -3.48. The summed E-state index contributed by atoms with van der Waals surface area (Å²) in [5.41, 5.74) is 1.18. The van der Waals surface area contributed by atoms with E-state index >= 15 is 0 Å². The maximum absolute atomic E-state index is 13.2. The number of anilines is 1. The van der Waals surface area contributed by atoms with Gasteiger partial charge in [0.2, 0.25) is 5.91 Å². The Kier molecular flexibility index (Phi) is 4.92. The summed E-state index contributed by atoms with van der Waals surface area (Å²) >= 11 is 0. The second-order valence-electron chi connectivity index (χ2n) is 9.09. The summed E-state index contributed by atoms with van der Waals surface area (Å²) < 4.78 is 0. The molecule has 4 rings (SSSR count). The maximum atomic E-state index is 13.2. The van der Waals surface area contributed by atoms with Gasteiger partial charge in [-0.1, -0.05) is 45.0 Å². The van der Waals surface area contributed by atoms with E-state index in [4.69, 9.17) is 0 Å². The molecule has 0 unspecified atom stereocenters. The summed E-state index contributed by atoms with van der Waals surface area (Å²) in [6.07, 6.45) is 1.19. The third kappa shape index (κ3) is 3.60. The average Bonchev–Trinajstić information content (AvgIpc) is 3.21. The summed E-state index contributed by atoms with van der Waals surface area (Å²) in [4.78, 5) is 51.6. The van der Waals surface area contributed by atoms with Crippen molar-refractivity contribution < 1.29 is 19.2 Å². The molecule has 1 aliphatic heterocycles. The number of imide groups is 1. The molecule has 1 heterocycles. The van der Waals surface area contributed by atoms with Gasteiger partial charge in [0.25, 0.3) is 5.91 Å². The van der Waals surface area contributed by atoms with Crippen LogP contribution in [0.15, 0.2) is 48.5 Å². The van der Waals surface area contributed by atoms with Gasteiger partial charge in [0.05, 0.1) is 6.54 Å². The SMILES string of the molecule is CC(C)(C)C(=O)Nc1ccc(C(=O)CN2C(=O)N[C@@]3(CCc4ccccc43)C2=O)cc1. The molecule has 1 atom stereocenters. The Labute approximate surface area is 180 Å². The zero-order chi connectivity index (χ0) is 22.4. The lowest BCUT2D eigenvalue weighted by Crippen LogP contribution is -2.42. The van der Waals surface area contributed by atoms with Crippen molar-refractivity contribution in [2.75, 3.05) is 11.9 Å². The molecule has 160 valence electrons. The number of aryl methyl sites for hydroxylation is 1. The minimum atomic E-state index is -1.07. The number of hydrogen-bond acceptors (Lipinski definition) is 4. The lowest BCUT2D eigenvalue weighted by molar-refractivity contribution is -0.131. The Morgan fingerprint density at radius 2 is 1.74 bits per heavy atom. The zero-order valence-corrected chi connectivity index (χ0v) is 17.8. The normalized spacial score (nSPS) is 20.0. The fourth-order valence-corrected chi connectivity index (χ4v) is 4.03. The Balaban J connectivity index is 1.47. The zero-order valence-electron chi connectivity index (χ0n) is 17.8. The number of Topliss-reactive ketones (excluding diaryl/α,β-unsaturated/α-hetero) is 1. The molecular formula is C24H25N3O4. The van der Waals surface area contributed by atoms with Gasteiger partial charge in [-0.25, -0.2) is 4.79 Å². The number of rotatable bonds is 4. The Bertz CT molecular complexity index is 1080. The molecule has 0 radical (unpaired) electrons. The van der Waals surface area contributed by atoms with Gasteiger partial charge in [0.1, 0.15) is 5.54 Å². The second kappa shape index (κ2) is 7.34. The summed E-state index contributed by atoms with van der Waals surface area (Å²) in [7, 11) is 0. The molecule has 0 bridgehead atoms. The van der Waals surface area contributed by atoms with Gasteiger partial charge in [-0.2, -0.15) is 0 Å². The maximum Gasteiger partial charge on any atom is 0.325 e. The number of carbonyl (C=O) groups excluding carboxylic acids is 4. The molecule has 2 N–H and O–H groups in total. The van der Waals surface area contributed by atoms with E-state index in [1.165, 1.54) is 0 Å². The number of carbonyl (C=O) groups is 4. The summed E-state index contributed by atoms with van der Waals surface area (Å²) in [5.74, 6) is -0.863. The number of fused-ring (bicyclic) bond motifs is 2. The van der Waals surface area contributed by atoms with E-state index in [2.05, 4.69) is 10.6 Å². The van der Waals surface area contributed by atoms with Crippen molar-refractivity contribution >= 4 is 29.3 Å². The molecule has 2 aromatic rings. The van der Waals surface area contributed by atoms with Crippen LogP contribution in [-0.4, -0.2) is 35.1 Å². The van der Waals surface area contributed by atoms with Crippen LogP contribution in [-0.2, 0) is 21.5 Å². The molecule has 1 fully saturated rings. The van der Waals surface area contributed by atoms with Crippen LogP contribution in [0.3, 0.4) is 0 Å². The number of hydrogen-bond donors (Lipinski definition) is 2.